The van der Waals surface area contributed by atoms with Gasteiger partial charge in [-0.2, -0.15) is 0 Å². The van der Waals surface area contributed by atoms with Crippen molar-refractivity contribution < 1.29 is 9.90 Å². The molecule has 0 bridgehead atoms. The van der Waals surface area contributed by atoms with Gasteiger partial charge in [-0.1, -0.05) is 19.3 Å². The number of hydrogen-bond donors (Lipinski definition) is 1. The lowest BCUT2D eigenvalue weighted by molar-refractivity contribution is -0.137. The molecule has 2 aliphatic rings. The van der Waals surface area contributed by atoms with Crippen LogP contribution in [0.2, 0.25) is 0 Å². The standard InChI is InChI=1S/C14H26N2O2.ClH/c17-14(18)6-7-15-8-10-16(11-9-15)12-13-4-2-1-3-5-13;/h13H,1-12H2,(H,17,18);1H. The van der Waals surface area contributed by atoms with Crippen LogP contribution in [0.5, 0.6) is 0 Å². The van der Waals surface area contributed by atoms with Crippen molar-refractivity contribution in [3.63, 3.8) is 0 Å². The maximum Gasteiger partial charge on any atom is 0.304 e. The van der Waals surface area contributed by atoms with Gasteiger partial charge in [0.15, 0.2) is 0 Å². The highest BCUT2D eigenvalue weighted by molar-refractivity contribution is 5.85. The molecule has 0 amide bonds. The van der Waals surface area contributed by atoms with Gasteiger partial charge in [0.1, 0.15) is 0 Å². The van der Waals surface area contributed by atoms with E-state index in [1.165, 1.54) is 38.6 Å². The van der Waals surface area contributed by atoms with Crippen LogP contribution in [0.4, 0.5) is 0 Å². The molecule has 1 aliphatic heterocycles. The molecule has 1 heterocycles. The Bertz CT molecular complexity index is 262. The fraction of sp³-hybridized carbons (Fsp3) is 0.929. The minimum atomic E-state index is -0.681. The highest BCUT2D eigenvalue weighted by Crippen LogP contribution is 2.24. The number of aliphatic carboxylic acids is 1. The van der Waals surface area contributed by atoms with Crippen LogP contribution in [0, 0.1) is 5.92 Å². The van der Waals surface area contributed by atoms with Crippen molar-refractivity contribution in [2.45, 2.75) is 38.5 Å². The topological polar surface area (TPSA) is 43.8 Å². The maximum atomic E-state index is 10.5. The lowest BCUT2D eigenvalue weighted by Gasteiger charge is -2.37. The lowest BCUT2D eigenvalue weighted by Crippen LogP contribution is -2.48. The molecule has 0 aromatic heterocycles. The molecule has 2 fully saturated rings. The molecule has 2 rings (SSSR count). The Morgan fingerprint density at radius 3 is 2.16 bits per heavy atom. The van der Waals surface area contributed by atoms with Crippen molar-refractivity contribution in [1.29, 1.82) is 0 Å². The average Bonchev–Trinajstić information content (AvgIpc) is 2.39. The van der Waals surface area contributed by atoms with Crippen LogP contribution < -0.4 is 0 Å². The second-order valence-corrected chi connectivity index (χ2v) is 5.79. The summed E-state index contributed by atoms with van der Waals surface area (Å²) in [4.78, 5) is 15.4. The van der Waals surface area contributed by atoms with E-state index in [0.717, 1.165) is 32.1 Å². The van der Waals surface area contributed by atoms with Crippen molar-refractivity contribution in [1.82, 2.24) is 9.80 Å². The summed E-state index contributed by atoms with van der Waals surface area (Å²) in [5, 5.41) is 8.68. The van der Waals surface area contributed by atoms with Gasteiger partial charge in [0.2, 0.25) is 0 Å². The van der Waals surface area contributed by atoms with Crippen LogP contribution in [0.15, 0.2) is 0 Å². The van der Waals surface area contributed by atoms with E-state index in [1.807, 2.05) is 0 Å². The average molecular weight is 291 g/mol. The fourth-order valence-electron chi connectivity index (χ4n) is 3.18. The first kappa shape index (κ1) is 16.7. The molecule has 0 atom stereocenters. The first-order valence-electron chi connectivity index (χ1n) is 7.40. The number of halogens is 1. The van der Waals surface area contributed by atoms with Crippen molar-refractivity contribution >= 4 is 18.4 Å². The summed E-state index contributed by atoms with van der Waals surface area (Å²) in [5.41, 5.74) is 0. The Morgan fingerprint density at radius 2 is 1.58 bits per heavy atom. The number of carboxylic acids is 1. The third-order valence-corrected chi connectivity index (χ3v) is 4.35. The Labute approximate surface area is 122 Å². The molecule has 1 aliphatic carbocycles. The van der Waals surface area contributed by atoms with Crippen LogP contribution >= 0.6 is 12.4 Å². The largest absolute Gasteiger partial charge is 0.481 e. The van der Waals surface area contributed by atoms with E-state index < -0.39 is 5.97 Å². The summed E-state index contributed by atoms with van der Waals surface area (Å²) in [6.45, 7) is 6.31. The molecule has 1 N–H and O–H groups in total. The molecule has 0 radical (unpaired) electrons. The summed E-state index contributed by atoms with van der Waals surface area (Å²) in [5.74, 6) is 0.240. The fourth-order valence-corrected chi connectivity index (χ4v) is 3.18. The summed E-state index contributed by atoms with van der Waals surface area (Å²) in [7, 11) is 0. The number of piperazine rings is 1. The quantitative estimate of drug-likeness (QED) is 0.842. The van der Waals surface area contributed by atoms with Crippen molar-refractivity contribution in [3.8, 4) is 0 Å². The van der Waals surface area contributed by atoms with Crippen molar-refractivity contribution in [2.75, 3.05) is 39.3 Å². The Hall–Kier alpha value is -0.320. The summed E-state index contributed by atoms with van der Waals surface area (Å²) < 4.78 is 0. The van der Waals surface area contributed by atoms with Gasteiger partial charge in [0.05, 0.1) is 6.42 Å². The highest BCUT2D eigenvalue weighted by atomic mass is 35.5. The Kier molecular flexibility index (Phi) is 7.73. The molecule has 4 nitrogen and oxygen atoms in total. The van der Waals surface area contributed by atoms with Crippen LogP contribution in [-0.2, 0) is 4.79 Å². The van der Waals surface area contributed by atoms with E-state index in [0.29, 0.717) is 6.54 Å². The van der Waals surface area contributed by atoms with E-state index in [2.05, 4.69) is 9.80 Å². The van der Waals surface area contributed by atoms with Gasteiger partial charge in [0, 0.05) is 39.3 Å². The molecule has 1 saturated heterocycles. The summed E-state index contributed by atoms with van der Waals surface area (Å²) >= 11 is 0. The van der Waals surface area contributed by atoms with Crippen LogP contribution in [0.1, 0.15) is 38.5 Å². The number of rotatable bonds is 5. The van der Waals surface area contributed by atoms with Crippen LogP contribution in [-0.4, -0.2) is 60.1 Å². The van der Waals surface area contributed by atoms with Gasteiger partial charge >= 0.3 is 5.97 Å². The first-order chi connectivity index (χ1) is 8.74. The molecule has 0 spiro atoms. The number of carboxylic acid groups (broad SMARTS) is 1. The molecular weight excluding hydrogens is 264 g/mol. The van der Waals surface area contributed by atoms with E-state index >= 15 is 0 Å². The SMILES string of the molecule is Cl.O=C(O)CCN1CCN(CC2CCCCC2)CC1. The van der Waals surface area contributed by atoms with E-state index in [-0.39, 0.29) is 18.8 Å². The number of hydrogen-bond acceptors (Lipinski definition) is 3. The third-order valence-electron chi connectivity index (χ3n) is 4.35. The monoisotopic (exact) mass is 290 g/mol. The number of carbonyl (C=O) groups is 1. The summed E-state index contributed by atoms with van der Waals surface area (Å²) in [6, 6.07) is 0. The van der Waals surface area contributed by atoms with E-state index in [9.17, 15) is 4.79 Å². The first-order valence-corrected chi connectivity index (χ1v) is 7.40. The summed E-state index contributed by atoms with van der Waals surface area (Å²) in [6.07, 6.45) is 7.38. The second-order valence-electron chi connectivity index (χ2n) is 5.79. The lowest BCUT2D eigenvalue weighted by atomic mass is 9.89. The van der Waals surface area contributed by atoms with Crippen molar-refractivity contribution in [2.24, 2.45) is 5.92 Å². The molecule has 0 aromatic carbocycles. The van der Waals surface area contributed by atoms with Gasteiger partial charge in [-0.15, -0.1) is 12.4 Å². The minimum absolute atomic E-state index is 0. The minimum Gasteiger partial charge on any atom is -0.481 e. The second kappa shape index (κ2) is 8.77. The van der Waals surface area contributed by atoms with Gasteiger partial charge in [0.25, 0.3) is 0 Å². The predicted molar refractivity (Wildman–Crippen MR) is 79.0 cm³/mol. The molecule has 112 valence electrons. The van der Waals surface area contributed by atoms with E-state index in [4.69, 9.17) is 5.11 Å². The molecular formula is C14H27ClN2O2. The van der Waals surface area contributed by atoms with Gasteiger partial charge in [-0.25, -0.2) is 0 Å². The van der Waals surface area contributed by atoms with Crippen LogP contribution in [0.25, 0.3) is 0 Å². The number of nitrogens with zero attached hydrogens (tertiary/aromatic N) is 2. The molecule has 19 heavy (non-hydrogen) atoms. The molecule has 0 aromatic rings. The smallest absolute Gasteiger partial charge is 0.304 e. The molecule has 5 heteroatoms. The molecule has 0 unspecified atom stereocenters. The van der Waals surface area contributed by atoms with Gasteiger partial charge < -0.3 is 14.9 Å². The normalized spacial score (nSPS) is 22.9. The van der Waals surface area contributed by atoms with Crippen molar-refractivity contribution in [3.05, 3.63) is 0 Å². The Morgan fingerprint density at radius 1 is 1.00 bits per heavy atom. The zero-order valence-electron chi connectivity index (χ0n) is 11.7. The third kappa shape index (κ3) is 6.11. The van der Waals surface area contributed by atoms with E-state index in [1.54, 1.807) is 0 Å². The van der Waals surface area contributed by atoms with Crippen LogP contribution in [0.3, 0.4) is 0 Å². The molecule has 1 saturated carbocycles. The van der Waals surface area contributed by atoms with Gasteiger partial charge in [-0.05, 0) is 18.8 Å². The van der Waals surface area contributed by atoms with Gasteiger partial charge in [-0.3, -0.25) is 4.79 Å². The predicted octanol–water partition coefficient (Wildman–Crippen LogP) is 2.08. The zero-order valence-corrected chi connectivity index (χ0v) is 12.5. The highest BCUT2D eigenvalue weighted by Gasteiger charge is 2.21. The zero-order chi connectivity index (χ0) is 12.8. The Balaban J connectivity index is 0.00000180. The maximum absolute atomic E-state index is 10.5.